The van der Waals surface area contributed by atoms with E-state index >= 15 is 0 Å². The number of nitrogens with zero attached hydrogens (tertiary/aromatic N) is 1. The Kier molecular flexibility index (Phi) is 8.49. The summed E-state index contributed by atoms with van der Waals surface area (Å²) in [6.07, 6.45) is 4.10. The van der Waals surface area contributed by atoms with E-state index in [-0.39, 0.29) is 29.0 Å². The van der Waals surface area contributed by atoms with E-state index in [2.05, 4.69) is 31.8 Å². The molecule has 9 heteroatoms. The SMILES string of the molecule is O=C(/C=C/c1ccc(OC(F)F)cc1OC(F)F)NC1CCN(Cc2ccccc2)CC1. The maximum Gasteiger partial charge on any atom is 0.387 e. The summed E-state index contributed by atoms with van der Waals surface area (Å²) in [4.78, 5) is 14.6. The van der Waals surface area contributed by atoms with Crippen molar-refractivity contribution in [3.8, 4) is 11.5 Å². The Morgan fingerprint density at radius 1 is 1.03 bits per heavy atom. The van der Waals surface area contributed by atoms with Crippen molar-refractivity contribution in [2.24, 2.45) is 0 Å². The molecule has 1 fully saturated rings. The third-order valence-electron chi connectivity index (χ3n) is 5.02. The first-order valence-corrected chi connectivity index (χ1v) is 10.2. The van der Waals surface area contributed by atoms with Crippen LogP contribution in [0.5, 0.6) is 11.5 Å². The number of piperidine rings is 1. The summed E-state index contributed by atoms with van der Waals surface area (Å²) in [5.41, 5.74) is 1.38. The molecule has 1 amide bonds. The van der Waals surface area contributed by atoms with Crippen molar-refractivity contribution in [3.63, 3.8) is 0 Å². The number of likely N-dealkylation sites (tertiary alicyclic amines) is 1. The van der Waals surface area contributed by atoms with Gasteiger partial charge in [0.05, 0.1) is 0 Å². The quantitative estimate of drug-likeness (QED) is 0.443. The molecule has 0 atom stereocenters. The third-order valence-corrected chi connectivity index (χ3v) is 5.02. The van der Waals surface area contributed by atoms with Crippen LogP contribution in [0.3, 0.4) is 0 Å². The molecule has 0 aromatic heterocycles. The predicted molar refractivity (Wildman–Crippen MR) is 112 cm³/mol. The number of hydrogen-bond acceptors (Lipinski definition) is 4. The van der Waals surface area contributed by atoms with Crippen molar-refractivity contribution < 1.29 is 31.8 Å². The Morgan fingerprint density at radius 3 is 2.38 bits per heavy atom. The summed E-state index contributed by atoms with van der Waals surface area (Å²) in [5.74, 6) is -1.06. The lowest BCUT2D eigenvalue weighted by Crippen LogP contribution is -2.43. The van der Waals surface area contributed by atoms with Crippen LogP contribution in [-0.2, 0) is 11.3 Å². The van der Waals surface area contributed by atoms with Crippen molar-refractivity contribution >= 4 is 12.0 Å². The van der Waals surface area contributed by atoms with E-state index in [9.17, 15) is 22.4 Å². The molecule has 1 aliphatic heterocycles. The number of benzene rings is 2. The molecule has 1 N–H and O–H groups in total. The van der Waals surface area contributed by atoms with Crippen LogP contribution >= 0.6 is 0 Å². The molecule has 1 heterocycles. The van der Waals surface area contributed by atoms with Gasteiger partial charge in [0.15, 0.2) is 0 Å². The Labute approximate surface area is 183 Å². The summed E-state index contributed by atoms with van der Waals surface area (Å²) in [7, 11) is 0. The number of alkyl halides is 4. The Balaban J connectivity index is 1.52. The van der Waals surface area contributed by atoms with Gasteiger partial charge < -0.3 is 14.8 Å². The van der Waals surface area contributed by atoms with Crippen LogP contribution in [-0.4, -0.2) is 43.2 Å². The summed E-state index contributed by atoms with van der Waals surface area (Å²) in [6, 6.07) is 13.5. The van der Waals surface area contributed by atoms with E-state index < -0.39 is 13.2 Å². The average molecular weight is 452 g/mol. The largest absolute Gasteiger partial charge is 0.435 e. The van der Waals surface area contributed by atoms with Crippen LogP contribution in [0.15, 0.2) is 54.6 Å². The molecule has 0 spiro atoms. The minimum atomic E-state index is -3.15. The maximum atomic E-state index is 12.7. The fraction of sp³-hybridized carbons (Fsp3) is 0.348. The number of hydrogen-bond donors (Lipinski definition) is 1. The van der Waals surface area contributed by atoms with Crippen LogP contribution in [0, 0.1) is 0 Å². The second-order valence-corrected chi connectivity index (χ2v) is 7.33. The molecule has 1 aliphatic rings. The molecule has 32 heavy (non-hydrogen) atoms. The zero-order chi connectivity index (χ0) is 22.9. The summed E-state index contributed by atoms with van der Waals surface area (Å²) >= 11 is 0. The topological polar surface area (TPSA) is 50.8 Å². The summed E-state index contributed by atoms with van der Waals surface area (Å²) in [5, 5.41) is 2.91. The van der Waals surface area contributed by atoms with Gasteiger partial charge in [-0.2, -0.15) is 17.6 Å². The summed E-state index contributed by atoms with van der Waals surface area (Å²) in [6.45, 7) is -3.69. The fourth-order valence-electron chi connectivity index (χ4n) is 3.52. The molecule has 172 valence electrons. The molecule has 0 unspecified atom stereocenters. The number of carbonyl (C=O) groups is 1. The van der Waals surface area contributed by atoms with Gasteiger partial charge in [-0.3, -0.25) is 9.69 Å². The molecular formula is C23H24F4N2O3. The van der Waals surface area contributed by atoms with E-state index in [4.69, 9.17) is 0 Å². The monoisotopic (exact) mass is 452 g/mol. The van der Waals surface area contributed by atoms with Crippen molar-refractivity contribution in [1.82, 2.24) is 10.2 Å². The first-order valence-electron chi connectivity index (χ1n) is 10.2. The van der Waals surface area contributed by atoms with Gasteiger partial charge in [0, 0.05) is 43.4 Å². The minimum absolute atomic E-state index is 0.0118. The second kappa shape index (κ2) is 11.5. The molecule has 2 aromatic rings. The molecule has 0 bridgehead atoms. The summed E-state index contributed by atoms with van der Waals surface area (Å²) < 4.78 is 58.6. The number of halogens is 4. The van der Waals surface area contributed by atoms with Gasteiger partial charge in [0.25, 0.3) is 0 Å². The number of rotatable bonds is 9. The second-order valence-electron chi connectivity index (χ2n) is 7.33. The zero-order valence-corrected chi connectivity index (χ0v) is 17.2. The third kappa shape index (κ3) is 7.56. The molecule has 0 aliphatic carbocycles. The minimum Gasteiger partial charge on any atom is -0.435 e. The predicted octanol–water partition coefficient (Wildman–Crippen LogP) is 4.68. The highest BCUT2D eigenvalue weighted by Gasteiger charge is 2.20. The highest BCUT2D eigenvalue weighted by Crippen LogP contribution is 2.28. The Bertz CT molecular complexity index is 901. The maximum absolute atomic E-state index is 12.7. The van der Waals surface area contributed by atoms with E-state index in [1.807, 2.05) is 18.2 Å². The highest BCUT2D eigenvalue weighted by atomic mass is 19.3. The van der Waals surface area contributed by atoms with Gasteiger partial charge in [0.2, 0.25) is 5.91 Å². The highest BCUT2D eigenvalue weighted by molar-refractivity contribution is 5.92. The van der Waals surface area contributed by atoms with Crippen molar-refractivity contribution in [2.75, 3.05) is 13.1 Å². The van der Waals surface area contributed by atoms with E-state index in [1.54, 1.807) is 0 Å². The number of nitrogens with one attached hydrogen (secondary N) is 1. The number of ether oxygens (including phenoxy) is 2. The first-order chi connectivity index (χ1) is 15.4. The van der Waals surface area contributed by atoms with Crippen LogP contribution in [0.1, 0.15) is 24.0 Å². The van der Waals surface area contributed by atoms with Crippen LogP contribution in [0.25, 0.3) is 6.08 Å². The van der Waals surface area contributed by atoms with Crippen LogP contribution in [0.4, 0.5) is 17.6 Å². The molecule has 0 radical (unpaired) electrons. The van der Waals surface area contributed by atoms with Gasteiger partial charge in [-0.25, -0.2) is 0 Å². The normalized spacial score (nSPS) is 15.4. The number of carbonyl (C=O) groups excluding carboxylic acids is 1. The van der Waals surface area contributed by atoms with E-state index in [0.717, 1.165) is 38.5 Å². The average Bonchev–Trinajstić information content (AvgIpc) is 2.74. The number of amides is 1. The molecule has 3 rings (SSSR count). The Hall–Kier alpha value is -3.07. The molecular weight excluding hydrogens is 428 g/mol. The first kappa shape index (κ1) is 23.6. The standard InChI is InChI=1S/C23H24F4N2O3/c24-22(25)31-19-8-6-17(20(14-19)32-23(26)27)7-9-21(30)28-18-10-12-29(13-11-18)15-16-4-2-1-3-5-16/h1-9,14,18,22-23H,10-13,15H2,(H,28,30)/b9-7+. The van der Waals surface area contributed by atoms with E-state index in [1.165, 1.54) is 29.8 Å². The van der Waals surface area contributed by atoms with Gasteiger partial charge >= 0.3 is 13.2 Å². The van der Waals surface area contributed by atoms with Crippen LogP contribution in [0.2, 0.25) is 0 Å². The van der Waals surface area contributed by atoms with E-state index in [0.29, 0.717) is 0 Å². The lowest BCUT2D eigenvalue weighted by molar-refractivity contribution is -0.117. The smallest absolute Gasteiger partial charge is 0.387 e. The van der Waals surface area contributed by atoms with Gasteiger partial charge in [-0.05, 0) is 36.6 Å². The molecule has 5 nitrogen and oxygen atoms in total. The van der Waals surface area contributed by atoms with Crippen molar-refractivity contribution in [3.05, 3.63) is 65.7 Å². The zero-order valence-electron chi connectivity index (χ0n) is 17.2. The fourth-order valence-corrected chi connectivity index (χ4v) is 3.52. The van der Waals surface area contributed by atoms with Gasteiger partial charge in [-0.15, -0.1) is 0 Å². The Morgan fingerprint density at radius 2 is 1.72 bits per heavy atom. The van der Waals surface area contributed by atoms with Crippen LogP contribution < -0.4 is 14.8 Å². The lowest BCUT2D eigenvalue weighted by Gasteiger charge is -2.32. The van der Waals surface area contributed by atoms with Gasteiger partial charge in [-0.1, -0.05) is 30.3 Å². The van der Waals surface area contributed by atoms with Gasteiger partial charge in [0.1, 0.15) is 11.5 Å². The van der Waals surface area contributed by atoms with Crippen molar-refractivity contribution in [1.29, 1.82) is 0 Å². The lowest BCUT2D eigenvalue weighted by atomic mass is 10.0. The van der Waals surface area contributed by atoms with Crippen molar-refractivity contribution in [2.45, 2.75) is 38.7 Å². The molecule has 0 saturated carbocycles. The molecule has 2 aromatic carbocycles. The molecule has 1 saturated heterocycles.